The van der Waals surface area contributed by atoms with Gasteiger partial charge in [0.1, 0.15) is 11.5 Å². The quantitative estimate of drug-likeness (QED) is 0.317. The third kappa shape index (κ3) is 4.26. The summed E-state index contributed by atoms with van der Waals surface area (Å²) in [7, 11) is 3.23. The van der Waals surface area contributed by atoms with Crippen LogP contribution in [0.1, 0.15) is 43.7 Å². The molecule has 5 rings (SSSR count). The molecule has 6 nitrogen and oxygen atoms in total. The van der Waals surface area contributed by atoms with Gasteiger partial charge in [0.25, 0.3) is 0 Å². The Kier molecular flexibility index (Phi) is 6.58. The average molecular weight is 479 g/mol. The fraction of sp³-hybridized carbons (Fsp3) is 0.200. The van der Waals surface area contributed by atoms with Gasteiger partial charge >= 0.3 is 0 Å². The minimum absolute atomic E-state index is 0.00202. The lowest BCUT2D eigenvalue weighted by atomic mass is 9.49. The Hall–Kier alpha value is -4.32. The third-order valence-electron chi connectivity index (χ3n) is 7.08. The van der Waals surface area contributed by atoms with E-state index in [2.05, 4.69) is 9.97 Å². The summed E-state index contributed by atoms with van der Waals surface area (Å²) in [6.45, 7) is 0. The molecule has 0 unspecified atom stereocenters. The van der Waals surface area contributed by atoms with E-state index in [1.165, 1.54) is 0 Å². The molecule has 0 radical (unpaired) electrons. The van der Waals surface area contributed by atoms with Gasteiger partial charge in [-0.1, -0.05) is 24.3 Å². The fourth-order valence-electron chi connectivity index (χ4n) is 5.30. The second-order valence-corrected chi connectivity index (χ2v) is 8.85. The highest BCUT2D eigenvalue weighted by atomic mass is 16.5. The molecule has 0 bridgehead atoms. The number of carbonyl (C=O) groups is 2. The lowest BCUT2D eigenvalue weighted by molar-refractivity contribution is 0.0489. The second-order valence-electron chi connectivity index (χ2n) is 8.85. The van der Waals surface area contributed by atoms with E-state index >= 15 is 0 Å². The zero-order valence-corrected chi connectivity index (χ0v) is 20.1. The predicted octanol–water partition coefficient (Wildman–Crippen LogP) is 5.37. The number of ketones is 2. The Morgan fingerprint density at radius 2 is 0.889 bits per heavy atom. The summed E-state index contributed by atoms with van der Waals surface area (Å²) in [5.74, 6) is -0.0168. The van der Waals surface area contributed by atoms with Gasteiger partial charge in [-0.05, 0) is 59.7 Å². The van der Waals surface area contributed by atoms with Crippen molar-refractivity contribution in [3.8, 4) is 11.5 Å². The SMILES string of the molecule is COc1ccc(C2C(C(=O)c3ccncc3)C(c3ccc(OC)cc3)C2C(=O)c2ccncc2)cc1. The highest BCUT2D eigenvalue weighted by Gasteiger charge is 2.57. The molecule has 0 atom stereocenters. The summed E-state index contributed by atoms with van der Waals surface area (Å²) in [5.41, 5.74) is 3.03. The molecule has 0 aliphatic heterocycles. The number of benzene rings is 2. The van der Waals surface area contributed by atoms with Gasteiger partial charge in [0.2, 0.25) is 0 Å². The largest absolute Gasteiger partial charge is 0.497 e. The molecular formula is C30H26N2O4. The molecular weight excluding hydrogens is 452 g/mol. The van der Waals surface area contributed by atoms with Gasteiger partial charge in [0.05, 0.1) is 14.2 Å². The molecule has 2 heterocycles. The number of ether oxygens (including phenoxy) is 2. The van der Waals surface area contributed by atoms with Crippen LogP contribution in [-0.4, -0.2) is 35.8 Å². The summed E-state index contributed by atoms with van der Waals surface area (Å²) in [6, 6.07) is 22.2. The number of rotatable bonds is 8. The Morgan fingerprint density at radius 3 is 1.19 bits per heavy atom. The van der Waals surface area contributed by atoms with E-state index in [9.17, 15) is 9.59 Å². The molecule has 1 aliphatic rings. The molecule has 6 heteroatoms. The van der Waals surface area contributed by atoms with Crippen molar-refractivity contribution in [1.82, 2.24) is 9.97 Å². The Balaban J connectivity index is 1.64. The molecule has 2 aromatic carbocycles. The number of nitrogens with zero attached hydrogens (tertiary/aromatic N) is 2. The minimum Gasteiger partial charge on any atom is -0.497 e. The van der Waals surface area contributed by atoms with Crippen LogP contribution >= 0.6 is 0 Å². The predicted molar refractivity (Wildman–Crippen MR) is 136 cm³/mol. The van der Waals surface area contributed by atoms with Crippen molar-refractivity contribution in [2.75, 3.05) is 14.2 Å². The van der Waals surface area contributed by atoms with Gasteiger partial charge in [-0.15, -0.1) is 0 Å². The van der Waals surface area contributed by atoms with Crippen LogP contribution in [-0.2, 0) is 0 Å². The minimum atomic E-state index is -0.426. The maximum Gasteiger partial charge on any atom is 0.167 e. The zero-order valence-electron chi connectivity index (χ0n) is 20.1. The first-order chi connectivity index (χ1) is 17.6. The van der Waals surface area contributed by atoms with Gasteiger partial charge in [0.15, 0.2) is 11.6 Å². The standard InChI is InChI=1S/C30H26N2O4/c1-35-23-7-3-19(4-8-23)25-27(29(33)21-11-15-31-16-12-21)26(20-5-9-24(36-2)10-6-20)28(25)30(34)22-13-17-32-18-14-22/h3-18,25-28H,1-2H3. The maximum absolute atomic E-state index is 13.9. The second kappa shape index (κ2) is 10.1. The van der Waals surface area contributed by atoms with Crippen LogP contribution in [0.4, 0.5) is 0 Å². The van der Waals surface area contributed by atoms with Gasteiger partial charge in [-0.3, -0.25) is 19.6 Å². The molecule has 2 aromatic heterocycles. The molecule has 0 amide bonds. The highest BCUT2D eigenvalue weighted by molar-refractivity contribution is 6.05. The van der Waals surface area contributed by atoms with Crippen molar-refractivity contribution in [2.45, 2.75) is 11.8 Å². The van der Waals surface area contributed by atoms with Crippen molar-refractivity contribution >= 4 is 11.6 Å². The summed E-state index contributed by atoms with van der Waals surface area (Å²) in [5, 5.41) is 0. The van der Waals surface area contributed by atoms with E-state index in [0.29, 0.717) is 11.1 Å². The van der Waals surface area contributed by atoms with Gasteiger partial charge in [-0.2, -0.15) is 0 Å². The van der Waals surface area contributed by atoms with Crippen LogP contribution < -0.4 is 9.47 Å². The Morgan fingerprint density at radius 1 is 0.556 bits per heavy atom. The number of carbonyl (C=O) groups excluding carboxylic acids is 2. The number of hydrogen-bond donors (Lipinski definition) is 0. The number of pyridine rings is 2. The van der Waals surface area contributed by atoms with E-state index in [4.69, 9.17) is 9.47 Å². The van der Waals surface area contributed by atoms with Crippen molar-refractivity contribution in [2.24, 2.45) is 11.8 Å². The van der Waals surface area contributed by atoms with E-state index in [1.807, 2.05) is 48.5 Å². The smallest absolute Gasteiger partial charge is 0.167 e. The molecule has 1 saturated carbocycles. The molecule has 1 fully saturated rings. The van der Waals surface area contributed by atoms with E-state index in [1.54, 1.807) is 63.3 Å². The van der Waals surface area contributed by atoms with Crippen LogP contribution in [0.25, 0.3) is 0 Å². The van der Waals surface area contributed by atoms with Crippen LogP contribution in [0.5, 0.6) is 11.5 Å². The molecule has 1 aliphatic carbocycles. The van der Waals surface area contributed by atoms with Crippen LogP contribution in [0.3, 0.4) is 0 Å². The molecule has 0 saturated heterocycles. The lowest BCUT2D eigenvalue weighted by Gasteiger charge is -2.51. The monoisotopic (exact) mass is 478 g/mol. The van der Waals surface area contributed by atoms with Gasteiger partial charge < -0.3 is 9.47 Å². The van der Waals surface area contributed by atoms with E-state index in [0.717, 1.165) is 22.6 Å². The van der Waals surface area contributed by atoms with Gasteiger partial charge in [0, 0.05) is 59.6 Å². The molecule has 0 N–H and O–H groups in total. The van der Waals surface area contributed by atoms with Crippen LogP contribution in [0.2, 0.25) is 0 Å². The van der Waals surface area contributed by atoms with Gasteiger partial charge in [-0.25, -0.2) is 0 Å². The molecule has 0 spiro atoms. The van der Waals surface area contributed by atoms with Crippen molar-refractivity contribution in [3.05, 3.63) is 120 Å². The van der Waals surface area contributed by atoms with Crippen molar-refractivity contribution in [3.63, 3.8) is 0 Å². The van der Waals surface area contributed by atoms with E-state index < -0.39 is 11.8 Å². The normalized spacial score (nSPS) is 20.7. The topological polar surface area (TPSA) is 78.4 Å². The van der Waals surface area contributed by atoms with Crippen LogP contribution in [0.15, 0.2) is 97.6 Å². The molecule has 4 aromatic rings. The first-order valence-corrected chi connectivity index (χ1v) is 11.8. The number of aromatic nitrogens is 2. The number of Topliss-reactive ketones (excluding diaryl/α,β-unsaturated/α-hetero) is 2. The van der Waals surface area contributed by atoms with Crippen LogP contribution in [0, 0.1) is 11.8 Å². The van der Waals surface area contributed by atoms with E-state index in [-0.39, 0.29) is 23.4 Å². The lowest BCUT2D eigenvalue weighted by Crippen LogP contribution is -2.51. The number of hydrogen-bond acceptors (Lipinski definition) is 6. The third-order valence-corrected chi connectivity index (χ3v) is 7.08. The summed E-state index contributed by atoms with van der Waals surface area (Å²) < 4.78 is 10.7. The zero-order chi connectivity index (χ0) is 25.1. The summed E-state index contributed by atoms with van der Waals surface area (Å²) in [4.78, 5) is 36.0. The number of methoxy groups -OCH3 is 2. The summed E-state index contributed by atoms with van der Waals surface area (Å²) >= 11 is 0. The van der Waals surface area contributed by atoms with Crippen molar-refractivity contribution in [1.29, 1.82) is 0 Å². The average Bonchev–Trinajstić information content (AvgIpc) is 2.94. The first kappa shape index (κ1) is 23.4. The van der Waals surface area contributed by atoms with Crippen molar-refractivity contribution < 1.29 is 19.1 Å². The Bertz CT molecular complexity index is 1220. The fourth-order valence-corrected chi connectivity index (χ4v) is 5.30. The highest BCUT2D eigenvalue weighted by Crippen LogP contribution is 2.59. The first-order valence-electron chi connectivity index (χ1n) is 11.8. The maximum atomic E-state index is 13.9. The molecule has 180 valence electrons. The molecule has 36 heavy (non-hydrogen) atoms. The summed E-state index contributed by atoms with van der Waals surface area (Å²) in [6.07, 6.45) is 6.49. The Labute approximate surface area is 210 Å².